The summed E-state index contributed by atoms with van der Waals surface area (Å²) in [4.78, 5) is 13.1. The maximum atomic E-state index is 11.6. The Morgan fingerprint density at radius 2 is 1.88 bits per heavy atom. The van der Waals surface area contributed by atoms with Crippen molar-refractivity contribution in [2.24, 2.45) is 5.10 Å². The minimum Gasteiger partial charge on any atom is -0.453 e. The molecule has 0 aromatic heterocycles. The van der Waals surface area contributed by atoms with Crippen molar-refractivity contribution in [1.29, 1.82) is 0 Å². The number of nitrogens with one attached hydrogen (secondary N) is 1. The van der Waals surface area contributed by atoms with Crippen LogP contribution in [0.5, 0.6) is 0 Å². The van der Waals surface area contributed by atoms with Crippen molar-refractivity contribution < 1.29 is 9.53 Å². The highest BCUT2D eigenvalue weighted by molar-refractivity contribution is 6.42. The smallest absolute Gasteiger partial charge is 0.409 e. The van der Waals surface area contributed by atoms with Crippen LogP contribution in [0.25, 0.3) is 0 Å². The predicted octanol–water partition coefficient (Wildman–Crippen LogP) is 4.51. The van der Waals surface area contributed by atoms with E-state index in [1.54, 1.807) is 25.2 Å². The molecule has 0 unspecified atom stereocenters. The van der Waals surface area contributed by atoms with Crippen molar-refractivity contribution in [3.63, 3.8) is 0 Å². The molecule has 0 spiro atoms. The van der Waals surface area contributed by atoms with Gasteiger partial charge in [0.05, 0.1) is 35.1 Å². The third-order valence-corrected chi connectivity index (χ3v) is 3.96. The van der Waals surface area contributed by atoms with E-state index in [2.05, 4.69) is 10.5 Å². The number of carbonyl (C=O) groups excluding carboxylic acids is 1. The van der Waals surface area contributed by atoms with Gasteiger partial charge in [0, 0.05) is 7.05 Å². The summed E-state index contributed by atoms with van der Waals surface area (Å²) >= 11 is 11.9. The normalized spacial score (nSPS) is 11.1. The standard InChI is InChI=1S/C17H17Cl2N3O2/c1-22(17(23)24-2)11-16(12-6-4-3-5-7-12)21-20-13-8-9-14(18)15(19)10-13/h3-10,20H,11H2,1-2H3/b21-16-. The fraction of sp³-hybridized carbons (Fsp3) is 0.176. The molecule has 0 radical (unpaired) electrons. The Labute approximate surface area is 150 Å². The lowest BCUT2D eigenvalue weighted by molar-refractivity contribution is 0.138. The third kappa shape index (κ3) is 4.88. The third-order valence-electron chi connectivity index (χ3n) is 3.22. The van der Waals surface area contributed by atoms with Gasteiger partial charge in [-0.1, -0.05) is 53.5 Å². The van der Waals surface area contributed by atoms with E-state index in [1.807, 2.05) is 30.3 Å². The van der Waals surface area contributed by atoms with E-state index in [0.717, 1.165) is 5.56 Å². The number of carbonyl (C=O) groups is 1. The van der Waals surface area contributed by atoms with Crippen molar-refractivity contribution in [3.8, 4) is 0 Å². The topological polar surface area (TPSA) is 53.9 Å². The molecule has 0 aliphatic carbocycles. The summed E-state index contributed by atoms with van der Waals surface area (Å²) in [6.07, 6.45) is -0.437. The summed E-state index contributed by atoms with van der Waals surface area (Å²) in [6.45, 7) is 0.283. The van der Waals surface area contributed by atoms with Crippen molar-refractivity contribution in [3.05, 3.63) is 64.1 Å². The van der Waals surface area contributed by atoms with E-state index in [4.69, 9.17) is 27.9 Å². The summed E-state index contributed by atoms with van der Waals surface area (Å²) in [6, 6.07) is 14.7. The summed E-state index contributed by atoms with van der Waals surface area (Å²) in [5.74, 6) is 0. The lowest BCUT2D eigenvalue weighted by Crippen LogP contribution is -2.32. The van der Waals surface area contributed by atoms with Crippen LogP contribution in [-0.4, -0.2) is 37.4 Å². The van der Waals surface area contributed by atoms with Gasteiger partial charge in [-0.25, -0.2) is 4.79 Å². The lowest BCUT2D eigenvalue weighted by atomic mass is 10.1. The first-order valence-corrected chi connectivity index (χ1v) is 7.89. The second kappa shape index (κ2) is 8.57. The summed E-state index contributed by atoms with van der Waals surface area (Å²) < 4.78 is 4.72. The fourth-order valence-corrected chi connectivity index (χ4v) is 2.26. The molecule has 126 valence electrons. The van der Waals surface area contributed by atoms with Gasteiger partial charge in [0.1, 0.15) is 0 Å². The molecule has 2 rings (SSSR count). The Morgan fingerprint density at radius 3 is 2.50 bits per heavy atom. The van der Waals surface area contributed by atoms with Gasteiger partial charge in [-0.05, 0) is 23.8 Å². The highest BCUT2D eigenvalue weighted by Crippen LogP contribution is 2.25. The van der Waals surface area contributed by atoms with Gasteiger partial charge in [-0.2, -0.15) is 5.10 Å². The first-order chi connectivity index (χ1) is 11.5. The van der Waals surface area contributed by atoms with Crippen LogP contribution in [0, 0.1) is 0 Å². The molecule has 0 saturated carbocycles. The summed E-state index contributed by atoms with van der Waals surface area (Å²) in [5.41, 5.74) is 5.20. The Bertz CT molecular complexity index is 736. The van der Waals surface area contributed by atoms with E-state index in [0.29, 0.717) is 21.4 Å². The van der Waals surface area contributed by atoms with E-state index < -0.39 is 6.09 Å². The number of hydrazone groups is 1. The average Bonchev–Trinajstić information content (AvgIpc) is 2.61. The largest absolute Gasteiger partial charge is 0.453 e. The fourth-order valence-electron chi connectivity index (χ4n) is 1.96. The van der Waals surface area contributed by atoms with Crippen molar-refractivity contribution in [2.75, 3.05) is 26.1 Å². The molecular weight excluding hydrogens is 349 g/mol. The van der Waals surface area contributed by atoms with Crippen LogP contribution in [-0.2, 0) is 4.74 Å². The number of methoxy groups -OCH3 is 1. The van der Waals surface area contributed by atoms with Crippen LogP contribution in [0.1, 0.15) is 5.56 Å². The molecule has 7 heteroatoms. The van der Waals surface area contributed by atoms with Gasteiger partial charge < -0.3 is 9.64 Å². The van der Waals surface area contributed by atoms with E-state index in [9.17, 15) is 4.79 Å². The number of amides is 1. The number of ether oxygens (including phenoxy) is 1. The SMILES string of the molecule is COC(=O)N(C)C/C(=N/Nc1ccc(Cl)c(Cl)c1)c1ccccc1. The molecule has 0 aliphatic rings. The van der Waals surface area contributed by atoms with Gasteiger partial charge in [-0.15, -0.1) is 0 Å². The zero-order valence-corrected chi connectivity index (χ0v) is 14.8. The van der Waals surface area contributed by atoms with E-state index in [-0.39, 0.29) is 6.54 Å². The molecule has 1 N–H and O–H groups in total. The number of anilines is 1. The zero-order chi connectivity index (χ0) is 17.5. The van der Waals surface area contributed by atoms with E-state index >= 15 is 0 Å². The Morgan fingerprint density at radius 1 is 1.17 bits per heavy atom. The molecule has 0 bridgehead atoms. The van der Waals surface area contributed by atoms with Crippen LogP contribution in [0.4, 0.5) is 10.5 Å². The second-order valence-electron chi connectivity index (χ2n) is 4.99. The second-order valence-corrected chi connectivity index (χ2v) is 5.81. The average molecular weight is 366 g/mol. The Balaban J connectivity index is 2.24. The van der Waals surface area contributed by atoms with Crippen LogP contribution >= 0.6 is 23.2 Å². The van der Waals surface area contributed by atoms with Gasteiger partial charge in [0.2, 0.25) is 0 Å². The number of likely N-dealkylation sites (N-methyl/N-ethyl adjacent to an activating group) is 1. The number of halogens is 2. The maximum absolute atomic E-state index is 11.6. The number of nitrogens with zero attached hydrogens (tertiary/aromatic N) is 2. The predicted molar refractivity (Wildman–Crippen MR) is 98.1 cm³/mol. The molecule has 2 aromatic rings. The molecule has 0 heterocycles. The highest BCUT2D eigenvalue weighted by atomic mass is 35.5. The minimum absolute atomic E-state index is 0.283. The van der Waals surface area contributed by atoms with Crippen LogP contribution in [0.3, 0.4) is 0 Å². The first kappa shape index (κ1) is 18.1. The molecule has 24 heavy (non-hydrogen) atoms. The summed E-state index contributed by atoms with van der Waals surface area (Å²) in [5, 5.41) is 5.31. The zero-order valence-electron chi connectivity index (χ0n) is 13.3. The van der Waals surface area contributed by atoms with Gasteiger partial charge in [0.15, 0.2) is 0 Å². The van der Waals surface area contributed by atoms with Crippen LogP contribution in [0.15, 0.2) is 53.6 Å². The lowest BCUT2D eigenvalue weighted by Gasteiger charge is -2.17. The van der Waals surface area contributed by atoms with Crippen molar-refractivity contribution >= 4 is 40.7 Å². The number of hydrogen-bond acceptors (Lipinski definition) is 4. The molecule has 0 atom stereocenters. The van der Waals surface area contributed by atoms with E-state index in [1.165, 1.54) is 12.0 Å². The molecular formula is C17H17Cl2N3O2. The van der Waals surface area contributed by atoms with Crippen LogP contribution < -0.4 is 5.43 Å². The monoisotopic (exact) mass is 365 g/mol. The number of rotatable bonds is 5. The maximum Gasteiger partial charge on any atom is 0.409 e. The first-order valence-electron chi connectivity index (χ1n) is 7.13. The minimum atomic E-state index is -0.437. The molecule has 0 aliphatic heterocycles. The molecule has 5 nitrogen and oxygen atoms in total. The summed E-state index contributed by atoms with van der Waals surface area (Å²) in [7, 11) is 2.98. The quantitative estimate of drug-likeness (QED) is 0.626. The molecule has 0 saturated heterocycles. The Kier molecular flexibility index (Phi) is 6.46. The van der Waals surface area contributed by atoms with Gasteiger partial charge in [-0.3, -0.25) is 5.43 Å². The van der Waals surface area contributed by atoms with Crippen molar-refractivity contribution in [2.45, 2.75) is 0 Å². The van der Waals surface area contributed by atoms with Gasteiger partial charge >= 0.3 is 6.09 Å². The van der Waals surface area contributed by atoms with Crippen LogP contribution in [0.2, 0.25) is 10.0 Å². The highest BCUT2D eigenvalue weighted by Gasteiger charge is 2.13. The molecule has 1 amide bonds. The van der Waals surface area contributed by atoms with Gasteiger partial charge in [0.25, 0.3) is 0 Å². The Hall–Kier alpha value is -2.24. The molecule has 2 aromatic carbocycles. The van der Waals surface area contributed by atoms with Crippen molar-refractivity contribution in [1.82, 2.24) is 4.90 Å². The number of benzene rings is 2. The number of hydrogen-bond donors (Lipinski definition) is 1. The molecule has 0 fully saturated rings.